The Morgan fingerprint density at radius 1 is 1.23 bits per heavy atom. The summed E-state index contributed by atoms with van der Waals surface area (Å²) in [4.78, 5) is 27.2. The van der Waals surface area contributed by atoms with Crippen molar-refractivity contribution in [3.05, 3.63) is 72.2 Å². The van der Waals surface area contributed by atoms with Gasteiger partial charge < -0.3 is 9.64 Å². The predicted molar refractivity (Wildman–Crippen MR) is 94.9 cm³/mol. The minimum Gasteiger partial charge on any atom is -0.370 e. The van der Waals surface area contributed by atoms with Crippen molar-refractivity contribution in [2.45, 2.75) is 13.0 Å². The van der Waals surface area contributed by atoms with E-state index >= 15 is 0 Å². The van der Waals surface area contributed by atoms with E-state index < -0.39 is 0 Å². The second-order valence-electron chi connectivity index (χ2n) is 6.22. The van der Waals surface area contributed by atoms with Crippen LogP contribution in [0.25, 0.3) is 5.82 Å². The highest BCUT2D eigenvalue weighted by Crippen LogP contribution is 2.23. The fraction of sp³-hybridized carbons (Fsp3) is 0.263. The molecule has 0 radical (unpaired) electrons. The monoisotopic (exact) mass is 349 g/mol. The highest BCUT2D eigenvalue weighted by Gasteiger charge is 2.26. The van der Waals surface area contributed by atoms with Gasteiger partial charge in [0, 0.05) is 37.0 Å². The zero-order valence-corrected chi connectivity index (χ0v) is 14.4. The molecule has 26 heavy (non-hydrogen) atoms. The number of aryl methyl sites for hydroxylation is 1. The highest BCUT2D eigenvalue weighted by molar-refractivity contribution is 5.94. The molecule has 4 rings (SSSR count). The van der Waals surface area contributed by atoms with Crippen LogP contribution in [0.15, 0.2) is 55.4 Å². The van der Waals surface area contributed by atoms with E-state index in [1.165, 1.54) is 0 Å². The first-order valence-electron chi connectivity index (χ1n) is 8.48. The van der Waals surface area contributed by atoms with Crippen molar-refractivity contribution < 1.29 is 9.53 Å². The lowest BCUT2D eigenvalue weighted by Gasteiger charge is -2.33. The lowest BCUT2D eigenvalue weighted by Crippen LogP contribution is -2.42. The van der Waals surface area contributed by atoms with Gasteiger partial charge >= 0.3 is 0 Å². The summed E-state index contributed by atoms with van der Waals surface area (Å²) >= 11 is 0. The van der Waals surface area contributed by atoms with Crippen LogP contribution in [0.2, 0.25) is 0 Å². The Labute approximate surface area is 151 Å². The number of imidazole rings is 1. The maximum Gasteiger partial charge on any atom is 0.255 e. The molecule has 0 bridgehead atoms. The number of amides is 1. The highest BCUT2D eigenvalue weighted by atomic mass is 16.5. The van der Waals surface area contributed by atoms with Crippen LogP contribution in [-0.4, -0.2) is 50.0 Å². The number of hydrogen-bond acceptors (Lipinski definition) is 5. The van der Waals surface area contributed by atoms with Gasteiger partial charge in [-0.15, -0.1) is 0 Å². The Morgan fingerprint density at radius 2 is 2.15 bits per heavy atom. The van der Waals surface area contributed by atoms with Gasteiger partial charge in [0.15, 0.2) is 0 Å². The normalized spacial score (nSPS) is 17.3. The molecule has 0 N–H and O–H groups in total. The number of carbonyl (C=O) groups excluding carboxylic acids is 1. The lowest BCUT2D eigenvalue weighted by molar-refractivity contribution is -0.0228. The summed E-state index contributed by atoms with van der Waals surface area (Å²) in [5.74, 6) is 0.694. The van der Waals surface area contributed by atoms with E-state index in [4.69, 9.17) is 4.74 Å². The van der Waals surface area contributed by atoms with Crippen molar-refractivity contribution in [3.8, 4) is 5.82 Å². The Hall–Kier alpha value is -3.06. The average molecular weight is 349 g/mol. The molecular formula is C19H19N5O2. The van der Waals surface area contributed by atoms with E-state index in [0.717, 1.165) is 17.1 Å². The summed E-state index contributed by atoms with van der Waals surface area (Å²) in [6.07, 6.45) is 8.43. The van der Waals surface area contributed by atoms with Gasteiger partial charge in [0.05, 0.1) is 18.7 Å². The zero-order valence-electron chi connectivity index (χ0n) is 14.4. The molecule has 3 aromatic rings. The minimum atomic E-state index is -0.132. The maximum atomic E-state index is 12.8. The van der Waals surface area contributed by atoms with E-state index in [-0.39, 0.29) is 12.0 Å². The van der Waals surface area contributed by atoms with E-state index in [9.17, 15) is 4.79 Å². The van der Waals surface area contributed by atoms with Crippen LogP contribution in [0.1, 0.15) is 27.7 Å². The largest absolute Gasteiger partial charge is 0.370 e. The SMILES string of the molecule is Cc1cc([C@H]2CN(C(=O)c3ccc(-n4ccnc4)nc3)CCO2)ccn1. The molecule has 7 heteroatoms. The summed E-state index contributed by atoms with van der Waals surface area (Å²) in [7, 11) is 0. The van der Waals surface area contributed by atoms with Crippen LogP contribution < -0.4 is 0 Å². The molecule has 4 heterocycles. The molecule has 132 valence electrons. The third-order valence-electron chi connectivity index (χ3n) is 4.41. The minimum absolute atomic E-state index is 0.0336. The fourth-order valence-corrected chi connectivity index (χ4v) is 3.05. The number of rotatable bonds is 3. The summed E-state index contributed by atoms with van der Waals surface area (Å²) in [5.41, 5.74) is 2.55. The molecule has 1 atom stereocenters. The van der Waals surface area contributed by atoms with Gasteiger partial charge in [-0.25, -0.2) is 9.97 Å². The topological polar surface area (TPSA) is 73.1 Å². The second kappa shape index (κ2) is 7.05. The Kier molecular flexibility index (Phi) is 4.45. The number of hydrogen-bond donors (Lipinski definition) is 0. The Balaban J connectivity index is 1.49. The number of carbonyl (C=O) groups is 1. The van der Waals surface area contributed by atoms with E-state index in [1.54, 1.807) is 35.6 Å². The fourth-order valence-electron chi connectivity index (χ4n) is 3.05. The molecule has 1 fully saturated rings. The Morgan fingerprint density at radius 3 is 2.88 bits per heavy atom. The first-order chi connectivity index (χ1) is 12.7. The third kappa shape index (κ3) is 3.34. The lowest BCUT2D eigenvalue weighted by atomic mass is 10.1. The van der Waals surface area contributed by atoms with Crippen molar-refractivity contribution in [2.24, 2.45) is 0 Å². The molecule has 0 unspecified atom stereocenters. The third-order valence-corrected chi connectivity index (χ3v) is 4.41. The van der Waals surface area contributed by atoms with Gasteiger partial charge in [-0.1, -0.05) is 0 Å². The number of ether oxygens (including phenoxy) is 1. The maximum absolute atomic E-state index is 12.8. The summed E-state index contributed by atoms with van der Waals surface area (Å²) in [6, 6.07) is 7.55. The summed E-state index contributed by atoms with van der Waals surface area (Å²) in [6.45, 7) is 3.55. The van der Waals surface area contributed by atoms with Crippen LogP contribution in [0, 0.1) is 6.92 Å². The molecule has 1 amide bonds. The average Bonchev–Trinajstić information content (AvgIpc) is 3.22. The molecule has 3 aromatic heterocycles. The first-order valence-corrected chi connectivity index (χ1v) is 8.48. The van der Waals surface area contributed by atoms with E-state index in [0.29, 0.717) is 25.3 Å². The quantitative estimate of drug-likeness (QED) is 0.725. The van der Waals surface area contributed by atoms with Crippen LogP contribution in [0.4, 0.5) is 0 Å². The van der Waals surface area contributed by atoms with Crippen molar-refractivity contribution in [1.82, 2.24) is 24.4 Å². The second-order valence-corrected chi connectivity index (χ2v) is 6.22. The van der Waals surface area contributed by atoms with Crippen molar-refractivity contribution in [3.63, 3.8) is 0 Å². The van der Waals surface area contributed by atoms with E-state index in [2.05, 4.69) is 15.0 Å². The summed E-state index contributed by atoms with van der Waals surface area (Å²) < 4.78 is 7.65. The number of pyridine rings is 2. The smallest absolute Gasteiger partial charge is 0.255 e. The van der Waals surface area contributed by atoms with Crippen LogP contribution in [-0.2, 0) is 4.74 Å². The van der Waals surface area contributed by atoms with Crippen molar-refractivity contribution in [2.75, 3.05) is 19.7 Å². The van der Waals surface area contributed by atoms with Crippen LogP contribution >= 0.6 is 0 Å². The Bertz CT molecular complexity index is 893. The van der Waals surface area contributed by atoms with Gasteiger partial charge in [-0.3, -0.25) is 14.3 Å². The van der Waals surface area contributed by atoms with E-state index in [1.807, 2.05) is 36.2 Å². The van der Waals surface area contributed by atoms with Gasteiger partial charge in [0.1, 0.15) is 18.2 Å². The van der Waals surface area contributed by atoms with Gasteiger partial charge in [0.2, 0.25) is 0 Å². The van der Waals surface area contributed by atoms with Crippen molar-refractivity contribution in [1.29, 1.82) is 0 Å². The molecule has 1 aliphatic heterocycles. The number of nitrogens with zero attached hydrogens (tertiary/aromatic N) is 5. The number of morpholine rings is 1. The predicted octanol–water partition coefficient (Wildman–Crippen LogP) is 2.18. The molecule has 0 aromatic carbocycles. The number of aromatic nitrogens is 4. The van der Waals surface area contributed by atoms with Gasteiger partial charge in [-0.05, 0) is 36.8 Å². The summed E-state index contributed by atoms with van der Waals surface area (Å²) in [5, 5.41) is 0. The van der Waals surface area contributed by atoms with Crippen LogP contribution in [0.5, 0.6) is 0 Å². The zero-order chi connectivity index (χ0) is 17.9. The standard InChI is InChI=1S/C19H19N5O2/c1-14-10-15(4-5-21-14)17-12-23(8-9-26-17)19(25)16-2-3-18(22-11-16)24-7-6-20-13-24/h2-7,10-11,13,17H,8-9,12H2,1H3/t17-/m1/s1. The van der Waals surface area contributed by atoms with Gasteiger partial charge in [0.25, 0.3) is 5.91 Å². The molecule has 1 aliphatic rings. The molecule has 0 aliphatic carbocycles. The molecular weight excluding hydrogens is 330 g/mol. The molecule has 0 spiro atoms. The van der Waals surface area contributed by atoms with Crippen LogP contribution in [0.3, 0.4) is 0 Å². The molecule has 1 saturated heterocycles. The van der Waals surface area contributed by atoms with Gasteiger partial charge in [-0.2, -0.15) is 0 Å². The molecule has 7 nitrogen and oxygen atoms in total. The first kappa shape index (κ1) is 16.4. The van der Waals surface area contributed by atoms with Crippen molar-refractivity contribution >= 4 is 5.91 Å². The molecule has 0 saturated carbocycles.